The van der Waals surface area contributed by atoms with Gasteiger partial charge in [-0.1, -0.05) is 20.9 Å². The molecule has 0 fully saturated rings. The number of pyridine rings is 1. The van der Waals surface area contributed by atoms with Gasteiger partial charge in [0.05, 0.1) is 0 Å². The summed E-state index contributed by atoms with van der Waals surface area (Å²) < 4.78 is 0. The molecule has 0 spiro atoms. The summed E-state index contributed by atoms with van der Waals surface area (Å²) >= 11 is 0. The second kappa shape index (κ2) is 5.29. The Kier molecular flexibility index (Phi) is 6.47. The van der Waals surface area contributed by atoms with Crippen molar-refractivity contribution in [3.05, 3.63) is 30.1 Å². The third kappa shape index (κ3) is 3.71. The Morgan fingerprint density at radius 1 is 1.22 bits per heavy atom. The van der Waals surface area contributed by atoms with Gasteiger partial charge in [-0.05, 0) is 19.1 Å². The van der Waals surface area contributed by atoms with Crippen molar-refractivity contribution in [2.75, 3.05) is 0 Å². The van der Waals surface area contributed by atoms with Gasteiger partial charge in [0.15, 0.2) is 0 Å². The third-order valence-corrected chi connectivity index (χ3v) is 0.813. The molecule has 0 saturated carbocycles. The standard InChI is InChI=1S/C6H7N.2CH4/c1-6-4-2-3-5-7-6;;/h2-5H,1H3;2*1H4. The van der Waals surface area contributed by atoms with Gasteiger partial charge < -0.3 is 0 Å². The molecule has 1 heterocycles. The summed E-state index contributed by atoms with van der Waals surface area (Å²) in [5.74, 6) is 0. The van der Waals surface area contributed by atoms with Crippen LogP contribution < -0.4 is 0 Å². The summed E-state index contributed by atoms with van der Waals surface area (Å²) in [5.41, 5.74) is 1.07. The van der Waals surface area contributed by atoms with Gasteiger partial charge in [-0.15, -0.1) is 0 Å². The van der Waals surface area contributed by atoms with Gasteiger partial charge in [-0.25, -0.2) is 0 Å². The van der Waals surface area contributed by atoms with Crippen LogP contribution in [0.1, 0.15) is 20.5 Å². The molecule has 0 amide bonds. The Morgan fingerprint density at radius 2 is 1.89 bits per heavy atom. The maximum atomic E-state index is 3.98. The maximum Gasteiger partial charge on any atom is 0.0372 e. The monoisotopic (exact) mass is 125 g/mol. The molecule has 0 saturated heterocycles. The molecule has 0 atom stereocenters. The van der Waals surface area contributed by atoms with E-state index < -0.39 is 0 Å². The average Bonchev–Trinajstić information content (AvgIpc) is 1.69. The zero-order valence-corrected chi connectivity index (χ0v) is 4.26. The molecule has 0 aliphatic carbocycles. The van der Waals surface area contributed by atoms with E-state index in [0.29, 0.717) is 0 Å². The summed E-state index contributed by atoms with van der Waals surface area (Å²) in [6, 6.07) is 5.86. The highest BCUT2D eigenvalue weighted by Gasteiger charge is 1.73. The summed E-state index contributed by atoms with van der Waals surface area (Å²) in [6.45, 7) is 1.97. The predicted molar refractivity (Wildman–Crippen MR) is 42.4 cm³/mol. The minimum Gasteiger partial charge on any atom is -0.262 e. The lowest BCUT2D eigenvalue weighted by atomic mass is 10.4. The molecule has 0 unspecified atom stereocenters. The smallest absolute Gasteiger partial charge is 0.0372 e. The second-order valence-electron chi connectivity index (χ2n) is 1.47. The third-order valence-electron chi connectivity index (χ3n) is 0.813. The van der Waals surface area contributed by atoms with Gasteiger partial charge >= 0.3 is 0 Å². The fourth-order valence-corrected chi connectivity index (χ4v) is 0.448. The largest absolute Gasteiger partial charge is 0.262 e. The number of hydrogen-bond acceptors (Lipinski definition) is 1. The van der Waals surface area contributed by atoms with Crippen molar-refractivity contribution < 1.29 is 0 Å². The first kappa shape index (κ1) is 11.0. The van der Waals surface area contributed by atoms with Crippen molar-refractivity contribution in [1.29, 1.82) is 0 Å². The van der Waals surface area contributed by atoms with E-state index in [9.17, 15) is 0 Å². The van der Waals surface area contributed by atoms with Gasteiger partial charge in [0, 0.05) is 11.9 Å². The quantitative estimate of drug-likeness (QED) is 0.519. The highest BCUT2D eigenvalue weighted by atomic mass is 14.6. The molecule has 52 valence electrons. The molecule has 0 radical (unpaired) electrons. The van der Waals surface area contributed by atoms with E-state index in [1.807, 2.05) is 25.1 Å². The molecule has 1 nitrogen and oxygen atoms in total. The Morgan fingerprint density at radius 3 is 2.11 bits per heavy atom. The first-order valence-electron chi connectivity index (χ1n) is 2.27. The van der Waals surface area contributed by atoms with Crippen LogP contribution in [-0.2, 0) is 0 Å². The van der Waals surface area contributed by atoms with E-state index in [0.717, 1.165) is 5.69 Å². The minimum atomic E-state index is 0. The molecular formula is C8H15N. The van der Waals surface area contributed by atoms with Crippen LogP contribution in [-0.4, -0.2) is 4.98 Å². The Labute approximate surface area is 57.8 Å². The van der Waals surface area contributed by atoms with Gasteiger partial charge in [0.2, 0.25) is 0 Å². The number of rotatable bonds is 0. The van der Waals surface area contributed by atoms with E-state index in [1.165, 1.54) is 0 Å². The topological polar surface area (TPSA) is 12.9 Å². The lowest BCUT2D eigenvalue weighted by molar-refractivity contribution is 1.20. The number of aromatic nitrogens is 1. The molecule has 9 heavy (non-hydrogen) atoms. The van der Waals surface area contributed by atoms with E-state index in [1.54, 1.807) is 6.20 Å². The molecule has 0 aromatic carbocycles. The maximum absolute atomic E-state index is 3.98. The van der Waals surface area contributed by atoms with E-state index >= 15 is 0 Å². The number of aryl methyl sites for hydroxylation is 1. The van der Waals surface area contributed by atoms with Crippen LogP contribution in [0.3, 0.4) is 0 Å². The minimum absolute atomic E-state index is 0. The summed E-state index contributed by atoms with van der Waals surface area (Å²) in [6.07, 6.45) is 1.79. The van der Waals surface area contributed by atoms with Gasteiger partial charge in [0.25, 0.3) is 0 Å². The summed E-state index contributed by atoms with van der Waals surface area (Å²) in [4.78, 5) is 3.98. The van der Waals surface area contributed by atoms with Crippen molar-refractivity contribution in [2.45, 2.75) is 21.8 Å². The summed E-state index contributed by atoms with van der Waals surface area (Å²) in [5, 5.41) is 0. The highest BCUT2D eigenvalue weighted by Crippen LogP contribution is 1.85. The lowest BCUT2D eigenvalue weighted by Crippen LogP contribution is -1.72. The summed E-state index contributed by atoms with van der Waals surface area (Å²) in [7, 11) is 0. The van der Waals surface area contributed by atoms with Crippen LogP contribution in [0.4, 0.5) is 0 Å². The fraction of sp³-hybridized carbons (Fsp3) is 0.375. The molecule has 0 N–H and O–H groups in total. The molecule has 1 aromatic heterocycles. The molecule has 1 heteroatoms. The van der Waals surface area contributed by atoms with Gasteiger partial charge in [0.1, 0.15) is 0 Å². The van der Waals surface area contributed by atoms with E-state index in [-0.39, 0.29) is 14.9 Å². The normalized spacial score (nSPS) is 6.78. The van der Waals surface area contributed by atoms with Crippen LogP contribution in [0.15, 0.2) is 24.4 Å². The van der Waals surface area contributed by atoms with E-state index in [2.05, 4.69) is 4.98 Å². The lowest BCUT2D eigenvalue weighted by Gasteiger charge is -1.82. The first-order chi connectivity index (χ1) is 3.39. The van der Waals surface area contributed by atoms with Gasteiger partial charge in [-0.2, -0.15) is 0 Å². The molecule has 0 aliphatic heterocycles. The Hall–Kier alpha value is -0.850. The van der Waals surface area contributed by atoms with Crippen LogP contribution >= 0.6 is 0 Å². The van der Waals surface area contributed by atoms with Crippen molar-refractivity contribution in [3.63, 3.8) is 0 Å². The zero-order chi connectivity index (χ0) is 5.11. The van der Waals surface area contributed by atoms with E-state index in [4.69, 9.17) is 0 Å². The molecular weight excluding hydrogens is 110 g/mol. The average molecular weight is 125 g/mol. The van der Waals surface area contributed by atoms with Crippen LogP contribution in [0.5, 0.6) is 0 Å². The second-order valence-corrected chi connectivity index (χ2v) is 1.47. The predicted octanol–water partition coefficient (Wildman–Crippen LogP) is 2.66. The van der Waals surface area contributed by atoms with Crippen LogP contribution in [0, 0.1) is 6.92 Å². The van der Waals surface area contributed by atoms with Crippen molar-refractivity contribution in [2.24, 2.45) is 0 Å². The number of hydrogen-bond donors (Lipinski definition) is 0. The van der Waals surface area contributed by atoms with Crippen molar-refractivity contribution in [3.8, 4) is 0 Å². The zero-order valence-electron chi connectivity index (χ0n) is 4.26. The van der Waals surface area contributed by atoms with Crippen molar-refractivity contribution >= 4 is 0 Å². The van der Waals surface area contributed by atoms with Crippen molar-refractivity contribution in [1.82, 2.24) is 4.98 Å². The van der Waals surface area contributed by atoms with Crippen LogP contribution in [0.2, 0.25) is 0 Å². The molecule has 1 aromatic rings. The SMILES string of the molecule is C.C.Cc1ccccn1. The molecule has 1 rings (SSSR count). The Balaban J connectivity index is 0. The highest BCUT2D eigenvalue weighted by molar-refractivity contribution is 4.99. The van der Waals surface area contributed by atoms with Gasteiger partial charge in [-0.3, -0.25) is 4.98 Å². The number of nitrogens with zero attached hydrogens (tertiary/aromatic N) is 1. The van der Waals surface area contributed by atoms with Crippen LogP contribution in [0.25, 0.3) is 0 Å². The molecule has 0 aliphatic rings. The Bertz CT molecular complexity index is 134. The fourth-order valence-electron chi connectivity index (χ4n) is 0.448. The first-order valence-corrected chi connectivity index (χ1v) is 2.27. The molecule has 0 bridgehead atoms.